The predicted octanol–water partition coefficient (Wildman–Crippen LogP) is -1.99. The summed E-state index contributed by atoms with van der Waals surface area (Å²) in [4.78, 5) is 15.4. The SMILES string of the molecule is CC1NSC(NC(=O)C2C(N)NN3CC(F)CNC23)C1CN1CCOCC1. The van der Waals surface area contributed by atoms with Gasteiger partial charge in [-0.05, 0) is 6.92 Å². The summed E-state index contributed by atoms with van der Waals surface area (Å²) in [5.74, 6) is -0.251. The Kier molecular flexibility index (Phi) is 6.19. The van der Waals surface area contributed by atoms with E-state index in [1.807, 2.05) is 0 Å². The minimum atomic E-state index is -0.962. The molecule has 0 spiro atoms. The van der Waals surface area contributed by atoms with E-state index in [1.165, 1.54) is 0 Å². The highest BCUT2D eigenvalue weighted by Gasteiger charge is 2.48. The average Bonchev–Trinajstić information content (AvgIpc) is 3.15. The molecule has 4 fully saturated rings. The topological polar surface area (TPSA) is 107 Å². The van der Waals surface area contributed by atoms with Crippen LogP contribution in [0.15, 0.2) is 0 Å². The molecule has 0 aromatic carbocycles. The van der Waals surface area contributed by atoms with Crippen LogP contribution in [0.5, 0.6) is 0 Å². The molecule has 4 rings (SSSR count). The van der Waals surface area contributed by atoms with Crippen LogP contribution >= 0.6 is 11.9 Å². The van der Waals surface area contributed by atoms with Gasteiger partial charge in [-0.2, -0.15) is 0 Å². The molecule has 27 heavy (non-hydrogen) atoms. The van der Waals surface area contributed by atoms with Crippen LogP contribution in [0.2, 0.25) is 0 Å². The Bertz CT molecular complexity index is 541. The van der Waals surface area contributed by atoms with E-state index >= 15 is 0 Å². The van der Waals surface area contributed by atoms with E-state index in [4.69, 9.17) is 10.5 Å². The fraction of sp³-hybridized carbons (Fsp3) is 0.938. The van der Waals surface area contributed by atoms with E-state index in [2.05, 4.69) is 32.6 Å². The Morgan fingerprint density at radius 1 is 1.41 bits per heavy atom. The van der Waals surface area contributed by atoms with Crippen LogP contribution < -0.4 is 26.5 Å². The number of ether oxygens (including phenoxy) is 1. The van der Waals surface area contributed by atoms with Crippen molar-refractivity contribution in [2.75, 3.05) is 45.9 Å². The molecular formula is C16H30FN7O2S. The average molecular weight is 404 g/mol. The highest BCUT2D eigenvalue weighted by Crippen LogP contribution is 2.30. The van der Waals surface area contributed by atoms with Gasteiger partial charge in [-0.3, -0.25) is 19.7 Å². The van der Waals surface area contributed by atoms with E-state index in [0.29, 0.717) is 12.0 Å². The monoisotopic (exact) mass is 403 g/mol. The predicted molar refractivity (Wildman–Crippen MR) is 101 cm³/mol. The number of nitrogens with zero attached hydrogens (tertiary/aromatic N) is 2. The maximum atomic E-state index is 13.6. The second kappa shape index (κ2) is 8.46. The number of hydrazine groups is 1. The number of hydrogen-bond acceptors (Lipinski definition) is 9. The first kappa shape index (κ1) is 19.8. The number of alkyl halides is 1. The standard InChI is InChI=1S/C16H30FN7O2S/c1-9-11(8-23-2-4-26-5-3-23)16(27-22-9)20-15(25)12-13(18)21-24-7-10(17)6-19-14(12)24/h9-14,16,19,21-22H,2-8,18H2,1H3,(H,20,25). The normalized spacial score (nSPS) is 43.6. The highest BCUT2D eigenvalue weighted by atomic mass is 32.2. The van der Waals surface area contributed by atoms with Crippen molar-refractivity contribution in [1.82, 2.24) is 30.7 Å². The summed E-state index contributed by atoms with van der Waals surface area (Å²) >= 11 is 1.57. The van der Waals surface area contributed by atoms with Crippen molar-refractivity contribution < 1.29 is 13.9 Å². The number of morpholine rings is 1. The molecule has 0 radical (unpaired) electrons. The first-order valence-corrected chi connectivity index (χ1v) is 10.6. The van der Waals surface area contributed by atoms with Gasteiger partial charge in [-0.25, -0.2) is 14.8 Å². The molecule has 0 aromatic rings. The lowest BCUT2D eigenvalue weighted by atomic mass is 9.98. The molecule has 11 heteroatoms. The Balaban J connectivity index is 1.37. The van der Waals surface area contributed by atoms with Crippen LogP contribution in [0.1, 0.15) is 6.92 Å². The molecule has 6 N–H and O–H groups in total. The minimum absolute atomic E-state index is 0.0193. The molecule has 154 valence electrons. The van der Waals surface area contributed by atoms with Crippen molar-refractivity contribution in [1.29, 1.82) is 0 Å². The van der Waals surface area contributed by atoms with Gasteiger partial charge in [0.2, 0.25) is 5.91 Å². The summed E-state index contributed by atoms with van der Waals surface area (Å²) in [5, 5.41) is 7.99. The Hall–Kier alpha value is -0.530. The van der Waals surface area contributed by atoms with Crippen molar-refractivity contribution in [3.63, 3.8) is 0 Å². The molecule has 0 aliphatic carbocycles. The Morgan fingerprint density at radius 3 is 2.96 bits per heavy atom. The van der Waals surface area contributed by atoms with Crippen molar-refractivity contribution >= 4 is 17.9 Å². The van der Waals surface area contributed by atoms with Crippen LogP contribution in [0.4, 0.5) is 4.39 Å². The molecular weight excluding hydrogens is 373 g/mol. The lowest BCUT2D eigenvalue weighted by molar-refractivity contribution is -0.127. The van der Waals surface area contributed by atoms with E-state index in [1.54, 1.807) is 17.0 Å². The smallest absolute Gasteiger partial charge is 0.230 e. The fourth-order valence-electron chi connectivity index (χ4n) is 4.31. The third kappa shape index (κ3) is 4.25. The van der Waals surface area contributed by atoms with Crippen LogP contribution in [0, 0.1) is 11.8 Å². The Morgan fingerprint density at radius 2 is 2.19 bits per heavy atom. The van der Waals surface area contributed by atoms with Gasteiger partial charge in [0.05, 0.1) is 36.8 Å². The molecule has 7 atom stereocenters. The van der Waals surface area contributed by atoms with E-state index in [0.717, 1.165) is 32.8 Å². The number of hydrogen-bond donors (Lipinski definition) is 5. The van der Waals surface area contributed by atoms with Gasteiger partial charge < -0.3 is 15.8 Å². The highest BCUT2D eigenvalue weighted by molar-refractivity contribution is 7.98. The summed E-state index contributed by atoms with van der Waals surface area (Å²) in [6.07, 6.45) is -1.76. The summed E-state index contributed by atoms with van der Waals surface area (Å²) in [6, 6.07) is 0.301. The number of nitrogens with two attached hydrogens (primary N) is 1. The molecule has 4 heterocycles. The van der Waals surface area contributed by atoms with Gasteiger partial charge in [0.1, 0.15) is 6.17 Å². The lowest BCUT2D eigenvalue weighted by Crippen LogP contribution is -2.59. The lowest BCUT2D eigenvalue weighted by Gasteiger charge is -2.34. The number of nitrogens with one attached hydrogen (secondary N) is 4. The summed E-state index contributed by atoms with van der Waals surface area (Å²) in [6.45, 7) is 6.94. The van der Waals surface area contributed by atoms with Crippen molar-refractivity contribution in [3.8, 4) is 0 Å². The number of rotatable bonds is 4. The molecule has 0 saturated carbocycles. The summed E-state index contributed by atoms with van der Waals surface area (Å²) in [7, 11) is 0. The Labute approximate surface area is 163 Å². The molecule has 4 saturated heterocycles. The number of carbonyl (C=O) groups is 1. The first-order valence-electron chi connectivity index (χ1n) is 9.70. The third-order valence-corrected chi connectivity index (χ3v) is 7.12. The number of amides is 1. The second-order valence-electron chi connectivity index (χ2n) is 7.81. The minimum Gasteiger partial charge on any atom is -0.379 e. The van der Waals surface area contributed by atoms with E-state index in [-0.39, 0.29) is 30.5 Å². The molecule has 4 aliphatic heterocycles. The van der Waals surface area contributed by atoms with Crippen LogP contribution in [0.25, 0.3) is 0 Å². The largest absolute Gasteiger partial charge is 0.379 e. The zero-order chi connectivity index (χ0) is 19.0. The fourth-order valence-corrected chi connectivity index (χ4v) is 5.51. The van der Waals surface area contributed by atoms with Crippen LogP contribution in [-0.2, 0) is 9.53 Å². The number of halogens is 1. The maximum Gasteiger partial charge on any atom is 0.230 e. The second-order valence-corrected chi connectivity index (χ2v) is 8.79. The van der Waals surface area contributed by atoms with Gasteiger partial charge in [-0.15, -0.1) is 0 Å². The number of carbonyl (C=O) groups excluding carboxylic acids is 1. The molecule has 4 aliphatic rings. The van der Waals surface area contributed by atoms with E-state index < -0.39 is 18.3 Å². The maximum absolute atomic E-state index is 13.6. The third-order valence-electron chi connectivity index (χ3n) is 5.89. The van der Waals surface area contributed by atoms with Crippen molar-refractivity contribution in [3.05, 3.63) is 0 Å². The zero-order valence-corrected chi connectivity index (χ0v) is 16.4. The van der Waals surface area contributed by atoms with Crippen LogP contribution in [-0.4, -0.2) is 91.7 Å². The van der Waals surface area contributed by atoms with Gasteiger partial charge in [-0.1, -0.05) is 11.9 Å². The molecule has 1 amide bonds. The quantitative estimate of drug-likeness (QED) is 0.341. The van der Waals surface area contributed by atoms with Crippen LogP contribution in [0.3, 0.4) is 0 Å². The molecule has 7 unspecified atom stereocenters. The molecule has 9 nitrogen and oxygen atoms in total. The van der Waals surface area contributed by atoms with Crippen molar-refractivity contribution in [2.45, 2.75) is 36.8 Å². The van der Waals surface area contributed by atoms with Gasteiger partial charge >= 0.3 is 0 Å². The molecule has 0 aromatic heterocycles. The zero-order valence-electron chi connectivity index (χ0n) is 15.6. The molecule has 0 bridgehead atoms. The number of fused-ring (bicyclic) bond motifs is 1. The van der Waals surface area contributed by atoms with Crippen molar-refractivity contribution in [2.24, 2.45) is 17.6 Å². The summed E-state index contributed by atoms with van der Waals surface area (Å²) in [5.41, 5.74) is 9.18. The van der Waals surface area contributed by atoms with Gasteiger partial charge in [0.15, 0.2) is 0 Å². The van der Waals surface area contributed by atoms with Gasteiger partial charge in [0, 0.05) is 44.7 Å². The van der Waals surface area contributed by atoms with Gasteiger partial charge in [0.25, 0.3) is 0 Å². The van der Waals surface area contributed by atoms with E-state index in [9.17, 15) is 9.18 Å². The first-order chi connectivity index (χ1) is 13.0. The summed E-state index contributed by atoms with van der Waals surface area (Å²) < 4.78 is 22.4.